The fraction of sp³-hybridized carbons (Fsp3) is 0.500. The molecule has 0 aromatic heterocycles. The van der Waals surface area contributed by atoms with Crippen LogP contribution in [0.15, 0.2) is 24.3 Å². The van der Waals surface area contributed by atoms with E-state index in [1.54, 1.807) is 45.0 Å². The number of carbonyl (C=O) groups is 2. The lowest BCUT2D eigenvalue weighted by Crippen LogP contribution is -2.45. The van der Waals surface area contributed by atoms with E-state index in [9.17, 15) is 18.0 Å². The lowest BCUT2D eigenvalue weighted by Gasteiger charge is -2.22. The molecule has 132 valence electrons. The number of ether oxygens (including phenoxy) is 1. The first kappa shape index (κ1) is 18.7. The van der Waals surface area contributed by atoms with Gasteiger partial charge in [0.15, 0.2) is 9.84 Å². The topological polar surface area (TPSA) is 89.5 Å². The summed E-state index contributed by atoms with van der Waals surface area (Å²) in [7, 11) is -3.58. The van der Waals surface area contributed by atoms with Gasteiger partial charge in [-0.3, -0.25) is 0 Å². The van der Waals surface area contributed by atoms with Crippen LogP contribution < -0.4 is 5.32 Å². The molecule has 1 saturated carbocycles. The second-order valence-corrected chi connectivity index (χ2v) is 9.56. The van der Waals surface area contributed by atoms with Gasteiger partial charge in [-0.25, -0.2) is 13.2 Å². The van der Waals surface area contributed by atoms with E-state index in [2.05, 4.69) is 5.32 Å². The predicted octanol–water partition coefficient (Wildman–Crippen LogP) is 2.31. The number of aldehydes is 1. The van der Waals surface area contributed by atoms with E-state index in [-0.39, 0.29) is 0 Å². The van der Waals surface area contributed by atoms with Crippen molar-refractivity contribution in [2.75, 3.05) is 6.26 Å². The zero-order valence-electron chi connectivity index (χ0n) is 13.9. The number of benzene rings is 1. The zero-order valence-corrected chi connectivity index (χ0v) is 15.4. The summed E-state index contributed by atoms with van der Waals surface area (Å²) in [6.07, 6.45) is 0.685. The zero-order chi connectivity index (χ0) is 18.3. The molecule has 0 spiro atoms. The Hall–Kier alpha value is -1.60. The Labute approximate surface area is 146 Å². The lowest BCUT2D eigenvalue weighted by molar-refractivity contribution is -0.110. The maximum atomic E-state index is 12.1. The van der Waals surface area contributed by atoms with Crippen LogP contribution in [0, 0.1) is 0 Å². The molecule has 1 aliphatic rings. The largest absolute Gasteiger partial charge is 0.444 e. The monoisotopic (exact) mass is 373 g/mol. The third-order valence-corrected chi connectivity index (χ3v) is 5.62. The molecule has 3 atom stereocenters. The predicted molar refractivity (Wildman–Crippen MR) is 91.0 cm³/mol. The molecule has 2 rings (SSSR count). The standard InChI is InChI=1S/C16H20ClNO5S/c1-15(2,3)23-14(20)18-16(9-19)12(13(16)24(4,21)22)10-5-7-11(17)8-6-10/h5-9,12-13H,1-4H3,(H,18,20)/t12-,13+,16+/m0/s1. The van der Waals surface area contributed by atoms with Crippen LogP contribution in [0.3, 0.4) is 0 Å². The minimum atomic E-state index is -3.58. The van der Waals surface area contributed by atoms with Gasteiger partial charge >= 0.3 is 6.09 Å². The summed E-state index contributed by atoms with van der Waals surface area (Å²) in [5.41, 5.74) is -1.69. The van der Waals surface area contributed by atoms with E-state index in [1.807, 2.05) is 0 Å². The number of halogens is 1. The summed E-state index contributed by atoms with van der Waals surface area (Å²) < 4.78 is 29.4. The molecule has 1 aromatic rings. The van der Waals surface area contributed by atoms with Crippen LogP contribution in [0.4, 0.5) is 4.79 Å². The Balaban J connectivity index is 2.36. The first-order valence-corrected chi connectivity index (χ1v) is 9.66. The van der Waals surface area contributed by atoms with Crippen LogP contribution in [0.2, 0.25) is 5.02 Å². The molecule has 0 saturated heterocycles. The number of amides is 1. The highest BCUT2D eigenvalue weighted by molar-refractivity contribution is 7.91. The molecule has 1 N–H and O–H groups in total. The van der Waals surface area contributed by atoms with Gasteiger partial charge in [-0.1, -0.05) is 23.7 Å². The summed E-state index contributed by atoms with van der Waals surface area (Å²) in [6, 6.07) is 6.51. The Morgan fingerprint density at radius 2 is 1.83 bits per heavy atom. The highest BCUT2D eigenvalue weighted by Crippen LogP contribution is 2.54. The highest BCUT2D eigenvalue weighted by Gasteiger charge is 2.71. The smallest absolute Gasteiger partial charge is 0.408 e. The van der Waals surface area contributed by atoms with E-state index in [0.717, 1.165) is 6.26 Å². The van der Waals surface area contributed by atoms with Crippen LogP contribution in [-0.4, -0.2) is 43.4 Å². The van der Waals surface area contributed by atoms with Crippen LogP contribution in [0.25, 0.3) is 0 Å². The molecule has 0 unspecified atom stereocenters. The van der Waals surface area contributed by atoms with Crippen molar-refractivity contribution in [2.24, 2.45) is 0 Å². The molecular formula is C16H20ClNO5S. The summed E-state index contributed by atoms with van der Waals surface area (Å²) >= 11 is 5.85. The Kier molecular flexibility index (Phi) is 4.71. The van der Waals surface area contributed by atoms with Gasteiger partial charge in [-0.2, -0.15) is 0 Å². The van der Waals surface area contributed by atoms with Crippen molar-refractivity contribution in [3.05, 3.63) is 34.9 Å². The van der Waals surface area contributed by atoms with Crippen molar-refractivity contribution in [1.29, 1.82) is 0 Å². The first-order chi connectivity index (χ1) is 10.9. The first-order valence-electron chi connectivity index (χ1n) is 7.32. The molecular weight excluding hydrogens is 354 g/mol. The van der Waals surface area contributed by atoms with Crippen molar-refractivity contribution in [2.45, 2.75) is 43.1 Å². The van der Waals surface area contributed by atoms with Crippen LogP contribution >= 0.6 is 11.6 Å². The van der Waals surface area contributed by atoms with Gasteiger partial charge in [0.05, 0.1) is 0 Å². The van der Waals surface area contributed by atoms with E-state index in [4.69, 9.17) is 16.3 Å². The minimum Gasteiger partial charge on any atom is -0.444 e. The molecule has 1 aliphatic carbocycles. The summed E-state index contributed by atoms with van der Waals surface area (Å²) in [5, 5.41) is 1.90. The molecule has 1 aromatic carbocycles. The molecule has 24 heavy (non-hydrogen) atoms. The molecule has 1 fully saturated rings. The van der Waals surface area contributed by atoms with Crippen LogP contribution in [-0.2, 0) is 19.4 Å². The van der Waals surface area contributed by atoms with Crippen molar-refractivity contribution < 1.29 is 22.7 Å². The summed E-state index contributed by atoms with van der Waals surface area (Å²) in [4.78, 5) is 23.8. The number of rotatable bonds is 4. The molecule has 0 aliphatic heterocycles. The van der Waals surface area contributed by atoms with Gasteiger partial charge in [0.1, 0.15) is 22.7 Å². The van der Waals surface area contributed by atoms with Gasteiger partial charge in [0.2, 0.25) is 0 Å². The van der Waals surface area contributed by atoms with Gasteiger partial charge in [0, 0.05) is 17.2 Å². The number of hydrogen-bond donors (Lipinski definition) is 1. The third kappa shape index (κ3) is 3.72. The van der Waals surface area contributed by atoms with E-state index in [0.29, 0.717) is 16.9 Å². The SMILES string of the molecule is CC(C)(C)OC(=O)N[C@@]1(C=O)[C@H](S(C)(=O)=O)[C@@H]1c1ccc(Cl)cc1. The van der Waals surface area contributed by atoms with Gasteiger partial charge in [0.25, 0.3) is 0 Å². The molecule has 0 radical (unpaired) electrons. The number of alkyl carbamates (subject to hydrolysis) is 1. The molecule has 0 bridgehead atoms. The normalized spacial score (nSPS) is 26.5. The van der Waals surface area contributed by atoms with E-state index < -0.39 is 38.2 Å². The summed E-state index contributed by atoms with van der Waals surface area (Å²) in [6.45, 7) is 5.04. The van der Waals surface area contributed by atoms with Crippen molar-refractivity contribution in [3.8, 4) is 0 Å². The van der Waals surface area contributed by atoms with E-state index in [1.165, 1.54) is 0 Å². The average molecular weight is 374 g/mol. The van der Waals surface area contributed by atoms with Crippen LogP contribution in [0.1, 0.15) is 32.3 Å². The lowest BCUT2D eigenvalue weighted by atomic mass is 10.1. The molecule has 6 nitrogen and oxygen atoms in total. The van der Waals surface area contributed by atoms with Gasteiger partial charge in [-0.05, 0) is 38.5 Å². The third-order valence-electron chi connectivity index (χ3n) is 3.78. The maximum absolute atomic E-state index is 12.1. The number of carbonyl (C=O) groups excluding carboxylic acids is 2. The van der Waals surface area contributed by atoms with E-state index >= 15 is 0 Å². The number of sulfone groups is 1. The fourth-order valence-corrected chi connectivity index (χ4v) is 4.79. The Bertz CT molecular complexity index is 754. The van der Waals surface area contributed by atoms with Crippen LogP contribution in [0.5, 0.6) is 0 Å². The number of hydrogen-bond acceptors (Lipinski definition) is 5. The average Bonchev–Trinajstić information content (AvgIpc) is 3.06. The second kappa shape index (κ2) is 6.04. The fourth-order valence-electron chi connectivity index (χ4n) is 2.90. The molecule has 0 heterocycles. The molecule has 8 heteroatoms. The second-order valence-electron chi connectivity index (χ2n) is 6.96. The van der Waals surface area contributed by atoms with Crippen molar-refractivity contribution >= 4 is 33.8 Å². The van der Waals surface area contributed by atoms with Crippen molar-refractivity contribution in [3.63, 3.8) is 0 Å². The van der Waals surface area contributed by atoms with Crippen molar-refractivity contribution in [1.82, 2.24) is 5.32 Å². The summed E-state index contributed by atoms with van der Waals surface area (Å²) in [5.74, 6) is -0.685. The van der Waals surface area contributed by atoms with Gasteiger partial charge in [-0.15, -0.1) is 0 Å². The van der Waals surface area contributed by atoms with Gasteiger partial charge < -0.3 is 14.8 Å². The quantitative estimate of drug-likeness (QED) is 0.818. The Morgan fingerprint density at radius 1 is 1.29 bits per heavy atom. The maximum Gasteiger partial charge on any atom is 0.408 e. The minimum absolute atomic E-state index is 0.474. The number of nitrogens with one attached hydrogen (secondary N) is 1. The highest BCUT2D eigenvalue weighted by atomic mass is 35.5. The Morgan fingerprint density at radius 3 is 2.25 bits per heavy atom. The molecule has 1 amide bonds.